The number of aryl methyl sites for hydroxylation is 2. The van der Waals surface area contributed by atoms with Gasteiger partial charge in [-0.05, 0) is 108 Å². The highest BCUT2D eigenvalue weighted by atomic mass is 16.5. The molecule has 460 valence electrons. The lowest BCUT2D eigenvalue weighted by atomic mass is 10.0. The third kappa shape index (κ3) is 10.9. The zero-order chi connectivity index (χ0) is 64.2. The Morgan fingerprint density at radius 2 is 0.967 bits per heavy atom. The molecule has 6 heterocycles. The van der Waals surface area contributed by atoms with Crippen LogP contribution in [0, 0.1) is 0 Å². The number of H-pyrrole nitrogens is 4. The van der Waals surface area contributed by atoms with Gasteiger partial charge in [-0.2, -0.15) is 0 Å². The van der Waals surface area contributed by atoms with Crippen molar-refractivity contribution in [2.24, 2.45) is 0 Å². The second kappa shape index (κ2) is 23.1. The van der Waals surface area contributed by atoms with Crippen LogP contribution in [0.2, 0.25) is 0 Å². The molecule has 14 rings (SSSR count). The van der Waals surface area contributed by atoms with Crippen molar-refractivity contribution in [3.05, 3.63) is 236 Å². The molecule has 4 amide bonds. The molecule has 92 heavy (non-hydrogen) atoms. The summed E-state index contributed by atoms with van der Waals surface area (Å²) in [6.07, 6.45) is 2.46. The summed E-state index contributed by atoms with van der Waals surface area (Å²) in [7, 11) is 0. The summed E-state index contributed by atoms with van der Waals surface area (Å²) in [5.41, 5.74) is 13.2. The van der Waals surface area contributed by atoms with Gasteiger partial charge in [0.25, 0.3) is 56.9 Å². The molecular weight excluding hydrogens is 1200 g/mol. The van der Waals surface area contributed by atoms with Gasteiger partial charge in [-0.15, -0.1) is 10.2 Å². The number of hydrogen-bond acceptors (Lipinski definition) is 24. The Morgan fingerprint density at radius 3 is 1.42 bits per heavy atom. The van der Waals surface area contributed by atoms with E-state index in [4.69, 9.17) is 11.5 Å². The monoisotopic (exact) mass is 1240 g/mol. The number of nitrogens with one attached hydrogen (secondary N) is 10. The first kappa shape index (κ1) is 57.8. The first-order valence-corrected chi connectivity index (χ1v) is 27.7. The van der Waals surface area contributed by atoms with Crippen LogP contribution in [0.5, 0.6) is 0 Å². The van der Waals surface area contributed by atoms with Crippen molar-refractivity contribution in [3.63, 3.8) is 0 Å². The number of nitrogens with zero attached hydrogens (tertiary/aromatic N) is 8. The van der Waals surface area contributed by atoms with Gasteiger partial charge in [0.2, 0.25) is 0 Å². The smallest absolute Gasteiger partial charge is 0.394 e. The molecular formula is C58H44N20O14. The summed E-state index contributed by atoms with van der Waals surface area (Å²) in [5.74, 6) is -3.59. The van der Waals surface area contributed by atoms with E-state index in [1.165, 1.54) is 12.1 Å². The third-order valence-electron chi connectivity index (χ3n) is 15.4. The molecule has 0 fully saturated rings. The van der Waals surface area contributed by atoms with Crippen molar-refractivity contribution < 1.29 is 28.2 Å². The quantitative estimate of drug-likeness (QED) is 0.0569. The molecule has 34 nitrogen and oxygen atoms in total. The molecule has 0 bridgehead atoms. The van der Waals surface area contributed by atoms with E-state index in [1.54, 1.807) is 60.7 Å². The summed E-state index contributed by atoms with van der Waals surface area (Å²) in [6, 6.07) is 26.0. The molecule has 14 N–H and O–H groups in total. The largest absolute Gasteiger partial charge is 0.439 e. The first-order chi connectivity index (χ1) is 44.3. The van der Waals surface area contributed by atoms with Crippen LogP contribution in [-0.4, -0.2) is 83.1 Å². The van der Waals surface area contributed by atoms with Crippen LogP contribution < -0.4 is 88.0 Å². The van der Waals surface area contributed by atoms with Gasteiger partial charge in [-0.1, -0.05) is 58.8 Å². The minimum atomic E-state index is -0.748. The number of hydrogen-bond donors (Lipinski definition) is 12. The zero-order valence-electron chi connectivity index (χ0n) is 47.1. The minimum Gasteiger partial charge on any atom is -0.394 e. The number of carbonyl (C=O) groups is 4. The molecule has 0 saturated heterocycles. The van der Waals surface area contributed by atoms with E-state index < -0.39 is 74.3 Å². The predicted octanol–water partition coefficient (Wildman–Crippen LogP) is 0.0600. The fraction of sp³-hybridized carbons (Fsp3) is 0.138. The first-order valence-electron chi connectivity index (χ1n) is 27.7. The molecule has 12 aromatic rings. The number of nitrogens with two attached hydrogens (primary N) is 2. The average Bonchev–Trinajstić information content (AvgIpc) is 1.37. The molecule has 0 saturated carbocycles. The highest BCUT2D eigenvalue weighted by Crippen LogP contribution is 2.35. The molecule has 6 aromatic carbocycles. The highest BCUT2D eigenvalue weighted by molar-refractivity contribution is 5.99. The number of aromatic amines is 4. The van der Waals surface area contributed by atoms with Crippen molar-refractivity contribution in [1.82, 2.24) is 80.7 Å². The minimum absolute atomic E-state index is 0.00506. The summed E-state index contributed by atoms with van der Waals surface area (Å²) < 4.78 is 11.1. The van der Waals surface area contributed by atoms with Crippen molar-refractivity contribution in [2.75, 3.05) is 22.1 Å². The van der Waals surface area contributed by atoms with Crippen LogP contribution in [0.3, 0.4) is 0 Å². The maximum Gasteiger partial charge on any atom is 0.439 e. The van der Waals surface area contributed by atoms with Crippen LogP contribution in [0.1, 0.15) is 100 Å². The van der Waals surface area contributed by atoms with E-state index >= 15 is 0 Å². The molecule has 0 aliphatic heterocycles. The SMILES string of the molecule is Nc1c(Nc2cccc(CNC(=O)c3cc(C(=O)N[C@H]4CCc5cc(-c6noc(=O)[nH]6)ccc54)n4c(=O)[nH]nc4n3)c2)c(=O)c1=O.Nc1c(Nc2cccc(CNC(=O)c3cc(C(=O)N[C@H]4CCc5cc(-c6noc(=O)[nH]6)ccc54)nc4n[nH]c(=O)n34)c2)c(=O)c1=O. The topological polar surface area (TPSA) is 505 Å². The van der Waals surface area contributed by atoms with Crippen LogP contribution in [-0.2, 0) is 25.9 Å². The molecule has 2 atom stereocenters. The lowest BCUT2D eigenvalue weighted by Gasteiger charge is -2.15. The van der Waals surface area contributed by atoms with Gasteiger partial charge in [0, 0.05) is 35.6 Å². The summed E-state index contributed by atoms with van der Waals surface area (Å²) in [4.78, 5) is 161. The van der Waals surface area contributed by atoms with Crippen molar-refractivity contribution in [2.45, 2.75) is 50.9 Å². The molecule has 0 radical (unpaired) electrons. The summed E-state index contributed by atoms with van der Waals surface area (Å²) in [6.45, 7) is 0.0530. The molecule has 0 unspecified atom stereocenters. The highest BCUT2D eigenvalue weighted by Gasteiger charge is 2.30. The number of benzene rings is 4. The van der Waals surface area contributed by atoms with E-state index in [0.717, 1.165) is 31.1 Å². The van der Waals surface area contributed by atoms with E-state index in [2.05, 4.69) is 91.6 Å². The standard InChI is InChI=1S/2C29H22N10O7/c30-20-21(23(41)22(20)40)32-15-3-1-2-12(8-15)11-31-26(43)19-10-18(34-27-36-37-28(44)39(19)27)25(42)33-17-7-5-13-9-14(4-6-16(13)17)24-35-29(45)46-38-24;30-20-21(23(41)22(20)40)32-15-3-1-2-12(8-15)11-31-25(42)18-10-19(39-27(34-18)36-37-28(39)44)26(43)33-17-7-5-13-9-14(4-6-16(13)17)24-35-29(45)46-38-24/h1-4,6,8-10,17,32H,5,7,11,30H2,(H,31,43)(H,33,42)(H,37,44)(H,35,38,45);1-4,6,8-10,17,32H,5,7,11,30H2,(H,31,42)(H,33,43)(H,37,44)(H,35,38,45)/t2*17-/m00/s1. The number of amides is 4. The van der Waals surface area contributed by atoms with E-state index in [1.807, 2.05) is 24.3 Å². The second-order valence-corrected chi connectivity index (χ2v) is 21.1. The van der Waals surface area contributed by atoms with E-state index in [-0.39, 0.29) is 76.2 Å². The molecule has 2 aliphatic rings. The fourth-order valence-electron chi connectivity index (χ4n) is 10.8. The third-order valence-corrected chi connectivity index (χ3v) is 15.4. The number of rotatable bonds is 16. The lowest BCUT2D eigenvalue weighted by molar-refractivity contribution is 0.0918. The molecule has 2 aliphatic carbocycles. The Labute approximate surface area is 508 Å². The lowest BCUT2D eigenvalue weighted by Crippen LogP contribution is -2.36. The van der Waals surface area contributed by atoms with E-state index in [9.17, 15) is 57.5 Å². The maximum absolute atomic E-state index is 13.5. The number of aromatic nitrogens is 12. The normalized spacial score (nSPS) is 14.0. The van der Waals surface area contributed by atoms with Gasteiger partial charge in [0.15, 0.2) is 11.6 Å². The second-order valence-electron chi connectivity index (χ2n) is 21.1. The zero-order valence-corrected chi connectivity index (χ0v) is 47.1. The number of nitrogen functional groups attached to an aromatic ring is 2. The molecule has 6 aromatic heterocycles. The molecule has 34 heteroatoms. The average molecular weight is 1250 g/mol. The van der Waals surface area contributed by atoms with Gasteiger partial charge in [0.05, 0.1) is 12.1 Å². The van der Waals surface area contributed by atoms with Crippen molar-refractivity contribution in [3.8, 4) is 22.8 Å². The van der Waals surface area contributed by atoms with Gasteiger partial charge in [0.1, 0.15) is 45.5 Å². The Bertz CT molecular complexity index is 5450. The van der Waals surface area contributed by atoms with Gasteiger partial charge in [-0.25, -0.2) is 48.1 Å². The number of carbonyl (C=O) groups excluding carboxylic acids is 4. The van der Waals surface area contributed by atoms with Crippen molar-refractivity contribution in [1.29, 1.82) is 0 Å². The van der Waals surface area contributed by atoms with E-state index in [0.29, 0.717) is 71.0 Å². The molecule has 0 spiro atoms. The van der Waals surface area contributed by atoms with Gasteiger partial charge < -0.3 is 43.4 Å². The Morgan fingerprint density at radius 1 is 0.522 bits per heavy atom. The Balaban J connectivity index is 0.000000168. The van der Waals surface area contributed by atoms with Crippen LogP contribution in [0.25, 0.3) is 34.3 Å². The van der Waals surface area contributed by atoms with Gasteiger partial charge in [-0.3, -0.25) is 57.4 Å². The Kier molecular flexibility index (Phi) is 14.5. The number of fused-ring (bicyclic) bond motifs is 4. The predicted molar refractivity (Wildman–Crippen MR) is 323 cm³/mol. The summed E-state index contributed by atoms with van der Waals surface area (Å²) >= 11 is 0. The number of anilines is 6. The Hall–Kier alpha value is -13.3. The van der Waals surface area contributed by atoms with Crippen LogP contribution in [0.15, 0.2) is 144 Å². The van der Waals surface area contributed by atoms with Gasteiger partial charge >= 0.3 is 22.9 Å². The van der Waals surface area contributed by atoms with Crippen molar-refractivity contribution >= 4 is 69.3 Å². The fourth-order valence-corrected chi connectivity index (χ4v) is 10.8. The van der Waals surface area contributed by atoms with Crippen LogP contribution >= 0.6 is 0 Å². The summed E-state index contributed by atoms with van der Waals surface area (Å²) in [5, 5.41) is 36.5. The van der Waals surface area contributed by atoms with Crippen LogP contribution in [0.4, 0.5) is 34.1 Å². The maximum atomic E-state index is 13.5.